The molecule has 4 heteroatoms. The molecule has 1 rings (SSSR count). The van der Waals surface area contributed by atoms with E-state index in [1.165, 1.54) is 0 Å². The van der Waals surface area contributed by atoms with Crippen LogP contribution in [0.5, 0.6) is 0 Å². The van der Waals surface area contributed by atoms with Crippen LogP contribution < -0.4 is 11.1 Å². The van der Waals surface area contributed by atoms with Crippen LogP contribution in [-0.2, 0) is 16.1 Å². The van der Waals surface area contributed by atoms with Gasteiger partial charge in [-0.15, -0.1) is 0 Å². The van der Waals surface area contributed by atoms with Gasteiger partial charge in [-0.1, -0.05) is 32.9 Å². The Labute approximate surface area is 115 Å². The van der Waals surface area contributed by atoms with Crippen LogP contribution in [0.2, 0.25) is 0 Å². The van der Waals surface area contributed by atoms with E-state index in [1.54, 1.807) is 0 Å². The third-order valence-corrected chi connectivity index (χ3v) is 2.88. The third-order valence-electron chi connectivity index (χ3n) is 2.88. The standard InChI is InChI=1S/C15H24N2O2/c1-5-19-10-11-7-6-8-12(9-11)17-14(18)13(16)15(2,3)4/h6-9,13H,5,10,16H2,1-4H3,(H,17,18)/t13-/m1/s1. The van der Waals surface area contributed by atoms with Gasteiger partial charge in [0, 0.05) is 12.3 Å². The minimum Gasteiger partial charge on any atom is -0.377 e. The summed E-state index contributed by atoms with van der Waals surface area (Å²) < 4.78 is 5.34. The average Bonchev–Trinajstić information content (AvgIpc) is 2.34. The molecule has 0 aliphatic heterocycles. The fraction of sp³-hybridized carbons (Fsp3) is 0.533. The van der Waals surface area contributed by atoms with Gasteiger partial charge in [-0.05, 0) is 30.0 Å². The topological polar surface area (TPSA) is 64.3 Å². The number of nitrogens with two attached hydrogens (primary N) is 1. The fourth-order valence-electron chi connectivity index (χ4n) is 1.57. The Hall–Kier alpha value is -1.39. The minimum atomic E-state index is -0.539. The maximum Gasteiger partial charge on any atom is 0.241 e. The highest BCUT2D eigenvalue weighted by atomic mass is 16.5. The second kappa shape index (κ2) is 6.68. The van der Waals surface area contributed by atoms with Crippen molar-refractivity contribution >= 4 is 11.6 Å². The van der Waals surface area contributed by atoms with Crippen molar-refractivity contribution in [2.75, 3.05) is 11.9 Å². The summed E-state index contributed by atoms with van der Waals surface area (Å²) in [6.45, 7) is 9.01. The number of amides is 1. The second-order valence-corrected chi connectivity index (χ2v) is 5.67. The zero-order valence-electron chi connectivity index (χ0n) is 12.2. The van der Waals surface area contributed by atoms with Crippen molar-refractivity contribution in [1.29, 1.82) is 0 Å². The molecule has 3 N–H and O–H groups in total. The maximum absolute atomic E-state index is 12.0. The summed E-state index contributed by atoms with van der Waals surface area (Å²) in [6, 6.07) is 7.08. The van der Waals surface area contributed by atoms with Crippen LogP contribution >= 0.6 is 0 Å². The monoisotopic (exact) mass is 264 g/mol. The predicted molar refractivity (Wildman–Crippen MR) is 77.8 cm³/mol. The van der Waals surface area contributed by atoms with Gasteiger partial charge in [0.25, 0.3) is 0 Å². The van der Waals surface area contributed by atoms with Gasteiger partial charge in [0.15, 0.2) is 0 Å². The summed E-state index contributed by atoms with van der Waals surface area (Å²) in [7, 11) is 0. The van der Waals surface area contributed by atoms with Gasteiger partial charge in [-0.2, -0.15) is 0 Å². The predicted octanol–water partition coefficient (Wildman–Crippen LogP) is 2.54. The SMILES string of the molecule is CCOCc1cccc(NC(=O)[C@@H](N)C(C)(C)C)c1. The van der Waals surface area contributed by atoms with Crippen molar-refractivity contribution < 1.29 is 9.53 Å². The molecule has 1 atom stereocenters. The largest absolute Gasteiger partial charge is 0.377 e. The van der Waals surface area contributed by atoms with E-state index in [2.05, 4.69) is 5.32 Å². The van der Waals surface area contributed by atoms with Gasteiger partial charge in [-0.25, -0.2) is 0 Å². The molecule has 0 aromatic heterocycles. The van der Waals surface area contributed by atoms with Gasteiger partial charge in [-0.3, -0.25) is 4.79 Å². The Kier molecular flexibility index (Phi) is 5.51. The molecule has 0 spiro atoms. The molecule has 4 nitrogen and oxygen atoms in total. The fourth-order valence-corrected chi connectivity index (χ4v) is 1.57. The molecule has 0 bridgehead atoms. The van der Waals surface area contributed by atoms with Crippen LogP contribution in [0.1, 0.15) is 33.3 Å². The zero-order chi connectivity index (χ0) is 14.5. The van der Waals surface area contributed by atoms with Gasteiger partial charge in [0.2, 0.25) is 5.91 Å². The van der Waals surface area contributed by atoms with E-state index in [0.29, 0.717) is 13.2 Å². The summed E-state index contributed by atoms with van der Waals surface area (Å²) in [4.78, 5) is 12.0. The third kappa shape index (κ3) is 5.01. The van der Waals surface area contributed by atoms with E-state index < -0.39 is 6.04 Å². The number of anilines is 1. The number of carbonyl (C=O) groups excluding carboxylic acids is 1. The Balaban J connectivity index is 2.69. The second-order valence-electron chi connectivity index (χ2n) is 5.67. The lowest BCUT2D eigenvalue weighted by molar-refractivity contribution is -0.119. The van der Waals surface area contributed by atoms with E-state index in [0.717, 1.165) is 11.3 Å². The highest BCUT2D eigenvalue weighted by Gasteiger charge is 2.27. The number of hydrogen-bond donors (Lipinski definition) is 2. The molecule has 0 heterocycles. The molecular weight excluding hydrogens is 240 g/mol. The highest BCUT2D eigenvalue weighted by molar-refractivity contribution is 5.95. The van der Waals surface area contributed by atoms with Crippen LogP contribution in [0, 0.1) is 5.41 Å². The smallest absolute Gasteiger partial charge is 0.241 e. The summed E-state index contributed by atoms with van der Waals surface area (Å²) in [5, 5.41) is 2.85. The first kappa shape index (κ1) is 15.7. The van der Waals surface area contributed by atoms with Crippen LogP contribution in [0.3, 0.4) is 0 Å². The molecule has 0 aliphatic carbocycles. The van der Waals surface area contributed by atoms with Crippen molar-refractivity contribution in [3.63, 3.8) is 0 Å². The van der Waals surface area contributed by atoms with Crippen LogP contribution in [0.15, 0.2) is 24.3 Å². The van der Waals surface area contributed by atoms with E-state index in [9.17, 15) is 4.79 Å². The van der Waals surface area contributed by atoms with E-state index >= 15 is 0 Å². The molecule has 0 saturated carbocycles. The molecule has 0 unspecified atom stereocenters. The van der Waals surface area contributed by atoms with Crippen molar-refractivity contribution in [1.82, 2.24) is 0 Å². The van der Waals surface area contributed by atoms with Crippen molar-refractivity contribution in [2.45, 2.75) is 40.3 Å². The Bertz CT molecular complexity index is 424. The Morgan fingerprint density at radius 2 is 2.11 bits per heavy atom. The molecule has 19 heavy (non-hydrogen) atoms. The first-order valence-corrected chi connectivity index (χ1v) is 6.57. The first-order valence-electron chi connectivity index (χ1n) is 6.57. The molecule has 1 amide bonds. The molecule has 0 aliphatic rings. The summed E-state index contributed by atoms with van der Waals surface area (Å²) in [6.07, 6.45) is 0. The van der Waals surface area contributed by atoms with E-state index in [4.69, 9.17) is 10.5 Å². The summed E-state index contributed by atoms with van der Waals surface area (Å²) in [5.74, 6) is -0.166. The van der Waals surface area contributed by atoms with Gasteiger partial charge in [0.1, 0.15) is 0 Å². The van der Waals surface area contributed by atoms with Crippen LogP contribution in [0.4, 0.5) is 5.69 Å². The average molecular weight is 264 g/mol. The summed E-state index contributed by atoms with van der Waals surface area (Å²) in [5.41, 5.74) is 7.45. The zero-order valence-corrected chi connectivity index (χ0v) is 12.2. The Morgan fingerprint density at radius 1 is 1.42 bits per heavy atom. The molecule has 0 saturated heterocycles. The van der Waals surface area contributed by atoms with Crippen molar-refractivity contribution in [2.24, 2.45) is 11.1 Å². The first-order chi connectivity index (χ1) is 8.84. The van der Waals surface area contributed by atoms with Crippen molar-refractivity contribution in [3.05, 3.63) is 29.8 Å². The molecule has 106 valence electrons. The van der Waals surface area contributed by atoms with Gasteiger partial charge in [0.05, 0.1) is 12.6 Å². The number of hydrogen-bond acceptors (Lipinski definition) is 3. The lowest BCUT2D eigenvalue weighted by atomic mass is 9.87. The molecule has 0 radical (unpaired) electrons. The number of benzene rings is 1. The number of nitrogens with one attached hydrogen (secondary N) is 1. The summed E-state index contributed by atoms with van der Waals surface area (Å²) >= 11 is 0. The van der Waals surface area contributed by atoms with Gasteiger partial charge >= 0.3 is 0 Å². The number of ether oxygens (including phenoxy) is 1. The lowest BCUT2D eigenvalue weighted by Crippen LogP contribution is -2.45. The maximum atomic E-state index is 12.0. The van der Waals surface area contributed by atoms with E-state index in [-0.39, 0.29) is 11.3 Å². The molecular formula is C15H24N2O2. The number of carbonyl (C=O) groups is 1. The number of rotatable bonds is 5. The quantitative estimate of drug-likeness (QED) is 0.859. The lowest BCUT2D eigenvalue weighted by Gasteiger charge is -2.25. The van der Waals surface area contributed by atoms with Gasteiger partial charge < -0.3 is 15.8 Å². The molecule has 0 fully saturated rings. The van der Waals surface area contributed by atoms with E-state index in [1.807, 2.05) is 52.0 Å². The van der Waals surface area contributed by atoms with Crippen molar-refractivity contribution in [3.8, 4) is 0 Å². The normalized spacial score (nSPS) is 13.1. The molecule has 1 aromatic rings. The van der Waals surface area contributed by atoms with Crippen LogP contribution in [0.25, 0.3) is 0 Å². The molecule has 1 aromatic carbocycles. The highest BCUT2D eigenvalue weighted by Crippen LogP contribution is 2.19. The van der Waals surface area contributed by atoms with Crippen LogP contribution in [-0.4, -0.2) is 18.6 Å². The minimum absolute atomic E-state index is 0.166. The Morgan fingerprint density at radius 3 is 2.68 bits per heavy atom.